The van der Waals surface area contributed by atoms with Crippen molar-refractivity contribution in [3.63, 3.8) is 0 Å². The van der Waals surface area contributed by atoms with Crippen molar-refractivity contribution in [2.24, 2.45) is 4.99 Å². The van der Waals surface area contributed by atoms with Gasteiger partial charge in [0.05, 0.1) is 11.4 Å². The fraction of sp³-hybridized carbons (Fsp3) is 0.226. The number of hydrogen-bond donors (Lipinski definition) is 2. The van der Waals surface area contributed by atoms with Crippen LogP contribution in [0.5, 0.6) is 5.75 Å². The molecule has 0 saturated heterocycles. The van der Waals surface area contributed by atoms with Crippen LogP contribution >= 0.6 is 11.6 Å². The number of carbonyl (C=O) groups is 1. The molecule has 6 heteroatoms. The number of nitrogens with zero attached hydrogens (tertiary/aromatic N) is 2. The van der Waals surface area contributed by atoms with E-state index in [0.717, 1.165) is 46.0 Å². The number of anilines is 1. The number of phenolic OH excluding ortho intramolecular Hbond substituents is 1. The molecule has 37 heavy (non-hydrogen) atoms. The molecule has 0 bridgehead atoms. The van der Waals surface area contributed by atoms with E-state index < -0.39 is 6.04 Å². The zero-order chi connectivity index (χ0) is 26.4. The molecule has 5 nitrogen and oxygen atoms in total. The summed E-state index contributed by atoms with van der Waals surface area (Å²) in [5, 5.41) is 20.7. The minimum absolute atomic E-state index is 0.0736. The van der Waals surface area contributed by atoms with Crippen molar-refractivity contribution in [2.75, 3.05) is 18.6 Å². The van der Waals surface area contributed by atoms with Gasteiger partial charge >= 0.3 is 0 Å². The summed E-state index contributed by atoms with van der Waals surface area (Å²) >= 11 is 6.32. The monoisotopic (exact) mass is 514 g/mol. The second-order valence-corrected chi connectivity index (χ2v) is 9.50. The maximum absolute atomic E-state index is 13.4. The zero-order valence-corrected chi connectivity index (χ0v) is 21.8. The lowest BCUT2D eigenvalue weighted by molar-refractivity contribution is -0.119. The molecule has 1 amide bonds. The standard InChI is InChI=1S/C27H21ClN2O2.C4H10O/c1-30-25-13-10-21(28)16-23(25)26(19-8-11-22(31)12-9-19)29-24(27(30)32)15-17-6-7-18-4-2-3-5-20(18)14-17;1-2-3-4-5/h2-14,16,24,31H,15H2,1H3;5H,2-4H2,1H3. The average molecular weight is 515 g/mol. The molecule has 0 aromatic heterocycles. The molecular formula is C31H31ClN2O3. The summed E-state index contributed by atoms with van der Waals surface area (Å²) in [5.41, 5.74) is 4.10. The fourth-order valence-corrected chi connectivity index (χ4v) is 4.51. The number of amides is 1. The van der Waals surface area contributed by atoms with Crippen LogP contribution in [0.2, 0.25) is 5.02 Å². The summed E-state index contributed by atoms with van der Waals surface area (Å²) in [6.07, 6.45) is 2.52. The summed E-state index contributed by atoms with van der Waals surface area (Å²) in [7, 11) is 1.78. The Labute approximate surface area is 222 Å². The van der Waals surface area contributed by atoms with Crippen LogP contribution in [0.4, 0.5) is 5.69 Å². The van der Waals surface area contributed by atoms with Crippen LogP contribution in [0.25, 0.3) is 10.8 Å². The second-order valence-electron chi connectivity index (χ2n) is 9.06. The number of benzodiazepines with no additional fused rings is 1. The van der Waals surface area contributed by atoms with Crippen LogP contribution in [-0.2, 0) is 11.2 Å². The Morgan fingerprint density at radius 3 is 2.35 bits per heavy atom. The van der Waals surface area contributed by atoms with Gasteiger partial charge in [0, 0.05) is 36.2 Å². The lowest BCUT2D eigenvalue weighted by Gasteiger charge is -2.20. The maximum atomic E-state index is 13.4. The normalized spacial score (nSPS) is 14.9. The van der Waals surface area contributed by atoms with Crippen molar-refractivity contribution in [3.8, 4) is 5.75 Å². The third-order valence-electron chi connectivity index (χ3n) is 6.37. The number of halogens is 1. The van der Waals surface area contributed by atoms with Gasteiger partial charge in [0.2, 0.25) is 0 Å². The lowest BCUT2D eigenvalue weighted by atomic mass is 9.99. The van der Waals surface area contributed by atoms with Gasteiger partial charge in [0.1, 0.15) is 11.8 Å². The molecule has 2 N–H and O–H groups in total. The summed E-state index contributed by atoms with van der Waals surface area (Å²) in [4.78, 5) is 20.0. The Morgan fingerprint density at radius 2 is 1.68 bits per heavy atom. The number of phenols is 1. The van der Waals surface area contributed by atoms with Crippen molar-refractivity contribution >= 4 is 39.7 Å². The summed E-state index contributed by atoms with van der Waals surface area (Å²) in [5.74, 6) is 0.103. The van der Waals surface area contributed by atoms with Crippen LogP contribution in [0, 0.1) is 0 Å². The molecule has 0 spiro atoms. The number of unbranched alkanes of at least 4 members (excludes halogenated alkanes) is 1. The number of aliphatic hydroxyl groups is 1. The molecule has 0 aliphatic carbocycles. The zero-order valence-electron chi connectivity index (χ0n) is 21.1. The van der Waals surface area contributed by atoms with E-state index in [2.05, 4.69) is 37.3 Å². The number of aliphatic hydroxyl groups excluding tert-OH is 1. The first-order valence-electron chi connectivity index (χ1n) is 12.4. The molecule has 1 heterocycles. The van der Waals surface area contributed by atoms with Crippen molar-refractivity contribution < 1.29 is 15.0 Å². The smallest absolute Gasteiger partial charge is 0.251 e. The Morgan fingerprint density at radius 1 is 0.946 bits per heavy atom. The van der Waals surface area contributed by atoms with Crippen molar-refractivity contribution in [2.45, 2.75) is 32.2 Å². The average Bonchev–Trinajstić information content (AvgIpc) is 3.00. The quantitative estimate of drug-likeness (QED) is 0.323. The van der Waals surface area contributed by atoms with E-state index in [0.29, 0.717) is 23.8 Å². The highest BCUT2D eigenvalue weighted by Gasteiger charge is 2.30. The van der Waals surface area contributed by atoms with Crippen molar-refractivity contribution in [1.29, 1.82) is 0 Å². The predicted molar refractivity (Wildman–Crippen MR) is 152 cm³/mol. The first kappa shape index (κ1) is 26.4. The van der Waals surface area contributed by atoms with Gasteiger partial charge in [-0.05, 0) is 65.2 Å². The second kappa shape index (κ2) is 12.0. The van der Waals surface area contributed by atoms with Crippen LogP contribution in [0.3, 0.4) is 0 Å². The van der Waals surface area contributed by atoms with Gasteiger partial charge < -0.3 is 15.1 Å². The third-order valence-corrected chi connectivity index (χ3v) is 6.61. The summed E-state index contributed by atoms with van der Waals surface area (Å²) in [6.45, 7) is 2.40. The van der Waals surface area contributed by atoms with Crippen LogP contribution in [0.1, 0.15) is 36.5 Å². The molecule has 1 aliphatic rings. The van der Waals surface area contributed by atoms with Crippen LogP contribution in [-0.4, -0.2) is 41.5 Å². The number of likely N-dealkylation sites (N-methyl/N-ethyl adjacent to an activating group) is 1. The number of benzene rings is 4. The van der Waals surface area contributed by atoms with E-state index in [1.807, 2.05) is 36.4 Å². The molecule has 190 valence electrons. The molecule has 0 saturated carbocycles. The highest BCUT2D eigenvalue weighted by molar-refractivity contribution is 6.32. The van der Waals surface area contributed by atoms with E-state index in [9.17, 15) is 9.90 Å². The van der Waals surface area contributed by atoms with Crippen molar-refractivity contribution in [1.82, 2.24) is 0 Å². The Hall–Kier alpha value is -3.67. The maximum Gasteiger partial charge on any atom is 0.251 e. The number of fused-ring (bicyclic) bond motifs is 2. The molecule has 4 aromatic carbocycles. The van der Waals surface area contributed by atoms with Crippen LogP contribution < -0.4 is 4.90 Å². The fourth-order valence-electron chi connectivity index (χ4n) is 4.34. The Balaban J connectivity index is 0.000000586. The first-order chi connectivity index (χ1) is 17.9. The Bertz CT molecular complexity index is 1410. The molecule has 0 radical (unpaired) electrons. The van der Waals surface area contributed by atoms with E-state index in [-0.39, 0.29) is 11.7 Å². The van der Waals surface area contributed by atoms with Gasteiger partial charge in [0.15, 0.2) is 0 Å². The minimum Gasteiger partial charge on any atom is -0.508 e. The molecular weight excluding hydrogens is 484 g/mol. The summed E-state index contributed by atoms with van der Waals surface area (Å²) < 4.78 is 0. The van der Waals surface area contributed by atoms with Gasteiger partial charge in [-0.2, -0.15) is 0 Å². The molecule has 1 atom stereocenters. The first-order valence-corrected chi connectivity index (χ1v) is 12.8. The number of aromatic hydroxyl groups is 1. The molecule has 4 aromatic rings. The van der Waals surface area contributed by atoms with Gasteiger partial charge in [-0.25, -0.2) is 0 Å². The summed E-state index contributed by atoms with van der Waals surface area (Å²) in [6, 6.07) is 26.2. The number of carbonyl (C=O) groups excluding carboxylic acids is 1. The van der Waals surface area contributed by atoms with Gasteiger partial charge in [0.25, 0.3) is 5.91 Å². The van der Waals surface area contributed by atoms with E-state index >= 15 is 0 Å². The molecule has 5 rings (SSSR count). The number of hydrogen-bond acceptors (Lipinski definition) is 4. The lowest BCUT2D eigenvalue weighted by Crippen LogP contribution is -2.36. The van der Waals surface area contributed by atoms with Crippen LogP contribution in [0.15, 0.2) is 89.9 Å². The minimum atomic E-state index is -0.587. The van der Waals surface area contributed by atoms with Gasteiger partial charge in [-0.15, -0.1) is 0 Å². The number of aliphatic imine (C=N–C) groups is 1. The van der Waals surface area contributed by atoms with Gasteiger partial charge in [-0.3, -0.25) is 9.79 Å². The predicted octanol–water partition coefficient (Wildman–Crippen LogP) is 6.40. The van der Waals surface area contributed by atoms with Crippen molar-refractivity contribution in [3.05, 3.63) is 107 Å². The molecule has 1 unspecified atom stereocenters. The van der Waals surface area contributed by atoms with E-state index in [4.69, 9.17) is 21.7 Å². The Kier molecular flexibility index (Phi) is 8.59. The molecule has 0 fully saturated rings. The third kappa shape index (κ3) is 6.19. The van der Waals surface area contributed by atoms with Gasteiger partial charge in [-0.1, -0.05) is 67.4 Å². The van der Waals surface area contributed by atoms with E-state index in [1.54, 1.807) is 30.1 Å². The molecule has 1 aliphatic heterocycles. The highest BCUT2D eigenvalue weighted by Crippen LogP contribution is 2.31. The van der Waals surface area contributed by atoms with E-state index in [1.165, 1.54) is 0 Å². The largest absolute Gasteiger partial charge is 0.508 e. The topological polar surface area (TPSA) is 73.1 Å². The highest BCUT2D eigenvalue weighted by atomic mass is 35.5. The SMILES string of the molecule is CCCCO.CN1C(=O)C(Cc2ccc3ccccc3c2)N=C(c2ccc(O)cc2)c2cc(Cl)ccc21. The number of rotatable bonds is 5.